The third-order valence-corrected chi connectivity index (χ3v) is 4.58. The molecule has 0 N–H and O–H groups in total. The maximum atomic E-state index is 14.2. The monoisotopic (exact) mass is 408 g/mol. The van der Waals surface area contributed by atoms with Gasteiger partial charge in [-0.15, -0.1) is 0 Å². The zero-order valence-electron chi connectivity index (χ0n) is 17.7. The first-order chi connectivity index (χ1) is 13.7. The van der Waals surface area contributed by atoms with Crippen molar-refractivity contribution in [2.24, 2.45) is 5.92 Å². The van der Waals surface area contributed by atoms with Crippen LogP contribution in [-0.4, -0.2) is 12.7 Å². The molecule has 2 unspecified atom stereocenters. The second kappa shape index (κ2) is 12.3. The van der Waals surface area contributed by atoms with Gasteiger partial charge in [0.15, 0.2) is 17.4 Å². The van der Waals surface area contributed by atoms with Crippen molar-refractivity contribution in [1.82, 2.24) is 0 Å². The summed E-state index contributed by atoms with van der Waals surface area (Å²) in [5.74, 6) is -3.04. The lowest BCUT2D eigenvalue weighted by atomic mass is 9.94. The Balaban J connectivity index is 2.54. The fourth-order valence-corrected chi connectivity index (χ4v) is 2.67. The van der Waals surface area contributed by atoms with Crippen molar-refractivity contribution >= 4 is 6.08 Å². The highest BCUT2D eigenvalue weighted by Crippen LogP contribution is 2.29. The molecular weight excluding hydrogens is 377 g/mol. The van der Waals surface area contributed by atoms with Gasteiger partial charge >= 0.3 is 0 Å². The van der Waals surface area contributed by atoms with E-state index in [9.17, 15) is 13.2 Å². The molecule has 0 spiro atoms. The van der Waals surface area contributed by atoms with Gasteiger partial charge in [-0.2, -0.15) is 4.39 Å². The Hall–Kier alpha value is -2.27. The molecule has 0 aliphatic carbocycles. The van der Waals surface area contributed by atoms with Crippen LogP contribution in [0.3, 0.4) is 0 Å². The van der Waals surface area contributed by atoms with E-state index in [4.69, 9.17) is 9.47 Å². The van der Waals surface area contributed by atoms with Crippen LogP contribution in [-0.2, 0) is 16.1 Å². The first-order valence-corrected chi connectivity index (χ1v) is 9.80. The van der Waals surface area contributed by atoms with Gasteiger partial charge in [-0.3, -0.25) is 0 Å². The SMILES string of the molecule is C=C(OCC)/C(F)=C(/F)C(=C)C(C)CCC(C)OCc1ccc(/C=C/C)c(F)c1. The molecule has 0 fully saturated rings. The maximum absolute atomic E-state index is 14.2. The molecule has 2 nitrogen and oxygen atoms in total. The van der Waals surface area contributed by atoms with E-state index in [2.05, 4.69) is 13.2 Å². The van der Waals surface area contributed by atoms with Crippen LogP contribution in [0.15, 0.2) is 60.4 Å². The molecular formula is C24H31F3O2. The van der Waals surface area contributed by atoms with Crippen LogP contribution < -0.4 is 0 Å². The molecule has 1 aromatic carbocycles. The van der Waals surface area contributed by atoms with E-state index >= 15 is 0 Å². The van der Waals surface area contributed by atoms with Crippen molar-refractivity contribution in [3.05, 3.63) is 77.4 Å². The number of ether oxygens (including phenoxy) is 2. The lowest BCUT2D eigenvalue weighted by molar-refractivity contribution is 0.0444. The van der Waals surface area contributed by atoms with E-state index < -0.39 is 11.7 Å². The Bertz CT molecular complexity index is 765. The van der Waals surface area contributed by atoms with Gasteiger partial charge in [-0.1, -0.05) is 44.4 Å². The Morgan fingerprint density at radius 3 is 2.41 bits per heavy atom. The Morgan fingerprint density at radius 2 is 1.83 bits per heavy atom. The van der Waals surface area contributed by atoms with Gasteiger partial charge in [0.2, 0.25) is 0 Å². The van der Waals surface area contributed by atoms with Gasteiger partial charge in [0.25, 0.3) is 0 Å². The minimum atomic E-state index is -1.11. The van der Waals surface area contributed by atoms with E-state index in [0.717, 1.165) is 5.56 Å². The molecule has 0 aromatic heterocycles. The molecule has 1 rings (SSSR count). The van der Waals surface area contributed by atoms with Gasteiger partial charge < -0.3 is 9.47 Å². The molecule has 29 heavy (non-hydrogen) atoms. The van der Waals surface area contributed by atoms with Crippen LogP contribution in [0.25, 0.3) is 6.08 Å². The molecule has 0 saturated heterocycles. The number of hydrogen-bond donors (Lipinski definition) is 0. The van der Waals surface area contributed by atoms with Crippen molar-refractivity contribution in [3.63, 3.8) is 0 Å². The summed E-state index contributed by atoms with van der Waals surface area (Å²) in [6, 6.07) is 5.00. The minimum absolute atomic E-state index is 0.0668. The van der Waals surface area contributed by atoms with Crippen LogP contribution >= 0.6 is 0 Å². The first-order valence-electron chi connectivity index (χ1n) is 9.80. The molecule has 0 aliphatic heterocycles. The smallest absolute Gasteiger partial charge is 0.200 e. The molecule has 160 valence electrons. The molecule has 0 heterocycles. The van der Waals surface area contributed by atoms with E-state index in [1.165, 1.54) is 6.07 Å². The fourth-order valence-electron chi connectivity index (χ4n) is 2.67. The van der Waals surface area contributed by atoms with E-state index in [0.29, 0.717) is 18.4 Å². The Kier molecular flexibility index (Phi) is 10.5. The Labute approximate surface area is 172 Å². The number of rotatable bonds is 12. The highest BCUT2D eigenvalue weighted by molar-refractivity contribution is 5.50. The molecule has 0 radical (unpaired) electrons. The summed E-state index contributed by atoms with van der Waals surface area (Å²) in [5.41, 5.74) is 1.34. The van der Waals surface area contributed by atoms with Gasteiger partial charge in [0.1, 0.15) is 5.82 Å². The van der Waals surface area contributed by atoms with E-state index in [1.54, 1.807) is 32.1 Å². The second-order valence-electron chi connectivity index (χ2n) is 6.97. The third kappa shape index (κ3) is 7.94. The van der Waals surface area contributed by atoms with E-state index in [1.807, 2.05) is 19.9 Å². The topological polar surface area (TPSA) is 18.5 Å². The fraction of sp³-hybridized carbons (Fsp3) is 0.417. The molecule has 1 aromatic rings. The third-order valence-electron chi connectivity index (χ3n) is 4.58. The maximum Gasteiger partial charge on any atom is 0.200 e. The van der Waals surface area contributed by atoms with Crippen LogP contribution in [0.2, 0.25) is 0 Å². The number of benzene rings is 1. The number of hydrogen-bond acceptors (Lipinski definition) is 2. The van der Waals surface area contributed by atoms with Crippen molar-refractivity contribution in [1.29, 1.82) is 0 Å². The van der Waals surface area contributed by atoms with Crippen LogP contribution in [0, 0.1) is 11.7 Å². The van der Waals surface area contributed by atoms with Crippen LogP contribution in [0.1, 0.15) is 51.7 Å². The van der Waals surface area contributed by atoms with Gasteiger partial charge in [0, 0.05) is 5.56 Å². The number of halogens is 3. The summed E-state index contributed by atoms with van der Waals surface area (Å²) in [6.07, 6.45) is 4.55. The largest absolute Gasteiger partial charge is 0.491 e. The van der Waals surface area contributed by atoms with Crippen molar-refractivity contribution in [2.45, 2.75) is 53.2 Å². The zero-order chi connectivity index (χ0) is 22.0. The highest BCUT2D eigenvalue weighted by atomic mass is 19.2. The second-order valence-corrected chi connectivity index (χ2v) is 6.97. The summed E-state index contributed by atoms with van der Waals surface area (Å²) in [6.45, 7) is 14.7. The van der Waals surface area contributed by atoms with Crippen LogP contribution in [0.5, 0.6) is 0 Å². The highest BCUT2D eigenvalue weighted by Gasteiger charge is 2.19. The minimum Gasteiger partial charge on any atom is -0.491 e. The van der Waals surface area contributed by atoms with Gasteiger partial charge in [-0.05, 0) is 56.7 Å². The summed E-state index contributed by atoms with van der Waals surface area (Å²) < 4.78 is 52.8. The predicted molar refractivity (Wildman–Crippen MR) is 113 cm³/mol. The van der Waals surface area contributed by atoms with Crippen molar-refractivity contribution in [2.75, 3.05) is 6.61 Å². The molecule has 0 aliphatic rings. The van der Waals surface area contributed by atoms with Crippen molar-refractivity contribution in [3.8, 4) is 0 Å². The molecule has 0 bridgehead atoms. The zero-order valence-corrected chi connectivity index (χ0v) is 17.7. The molecule has 0 saturated carbocycles. The van der Waals surface area contributed by atoms with E-state index in [-0.39, 0.29) is 42.4 Å². The average molecular weight is 409 g/mol. The summed E-state index contributed by atoms with van der Waals surface area (Å²) in [4.78, 5) is 0. The van der Waals surface area contributed by atoms with Crippen LogP contribution in [0.4, 0.5) is 13.2 Å². The van der Waals surface area contributed by atoms with Gasteiger partial charge in [-0.25, -0.2) is 8.78 Å². The molecule has 5 heteroatoms. The lowest BCUT2D eigenvalue weighted by Gasteiger charge is -2.18. The normalized spacial score (nSPS) is 14.4. The van der Waals surface area contributed by atoms with Crippen molar-refractivity contribution < 1.29 is 22.6 Å². The molecule has 0 amide bonds. The average Bonchev–Trinajstić information content (AvgIpc) is 2.70. The predicted octanol–water partition coefficient (Wildman–Crippen LogP) is 7.44. The summed E-state index contributed by atoms with van der Waals surface area (Å²) in [7, 11) is 0. The molecule has 2 atom stereocenters. The quantitative estimate of drug-likeness (QED) is 0.264. The summed E-state index contributed by atoms with van der Waals surface area (Å²) in [5, 5.41) is 0. The van der Waals surface area contributed by atoms with Gasteiger partial charge in [0.05, 0.1) is 19.3 Å². The number of allylic oxidation sites excluding steroid dienone is 4. The standard InChI is InChI=1S/C24H31F3O2/c1-7-9-21-13-12-20(14-22(21)25)15-29-17(4)11-10-16(3)18(5)23(26)24(27)19(6)28-8-2/h7,9,12-14,16-17H,5-6,8,10-11,15H2,1-4H3/b9-7+,24-23-. The summed E-state index contributed by atoms with van der Waals surface area (Å²) >= 11 is 0. The lowest BCUT2D eigenvalue weighted by Crippen LogP contribution is -2.11. The Morgan fingerprint density at radius 1 is 1.14 bits per heavy atom. The first kappa shape index (κ1) is 24.8.